The van der Waals surface area contributed by atoms with Crippen molar-refractivity contribution in [2.24, 2.45) is 0 Å². The van der Waals surface area contributed by atoms with Crippen LogP contribution in [0.5, 0.6) is 0 Å². The van der Waals surface area contributed by atoms with Crippen LogP contribution in [-0.4, -0.2) is 15.9 Å². The fourth-order valence-corrected chi connectivity index (χ4v) is 1.87. The van der Waals surface area contributed by atoms with Gasteiger partial charge in [-0.1, -0.05) is 6.08 Å². The first kappa shape index (κ1) is 13.0. The summed E-state index contributed by atoms with van der Waals surface area (Å²) in [5, 5.41) is 14.7. The summed E-state index contributed by atoms with van der Waals surface area (Å²) in [6.07, 6.45) is 2.70. The van der Waals surface area contributed by atoms with Gasteiger partial charge in [0.1, 0.15) is 5.82 Å². The Balaban J connectivity index is 2.28. The van der Waals surface area contributed by atoms with E-state index >= 15 is 0 Å². The summed E-state index contributed by atoms with van der Waals surface area (Å²) in [6.45, 7) is 5.74. The van der Waals surface area contributed by atoms with Crippen LogP contribution in [0.15, 0.2) is 43.0 Å². The molecular weight excluding hydrogens is 242 g/mol. The van der Waals surface area contributed by atoms with Crippen molar-refractivity contribution in [2.45, 2.75) is 19.4 Å². The molecule has 0 spiro atoms. The van der Waals surface area contributed by atoms with Crippen molar-refractivity contribution in [3.05, 3.63) is 53.1 Å². The van der Waals surface area contributed by atoms with Gasteiger partial charge in [0.05, 0.1) is 10.4 Å². The van der Waals surface area contributed by atoms with E-state index in [1.54, 1.807) is 6.07 Å². The number of hydrogen-bond acceptors (Lipinski definition) is 4. The van der Waals surface area contributed by atoms with E-state index in [0.29, 0.717) is 0 Å². The second-order valence-electron chi connectivity index (χ2n) is 4.40. The lowest BCUT2D eigenvalue weighted by Crippen LogP contribution is -2.14. The Morgan fingerprint density at radius 2 is 2.26 bits per heavy atom. The normalized spacial score (nSPS) is 12.1. The summed E-state index contributed by atoms with van der Waals surface area (Å²) in [7, 11) is 0. The molecule has 0 bridgehead atoms. The third kappa shape index (κ3) is 3.07. The molecular formula is C14H15N3O2. The van der Waals surface area contributed by atoms with Gasteiger partial charge in [0, 0.05) is 23.6 Å². The maximum atomic E-state index is 10.7. The lowest BCUT2D eigenvalue weighted by atomic mass is 10.2. The number of nitro benzene ring substituents is 1. The van der Waals surface area contributed by atoms with Crippen molar-refractivity contribution >= 4 is 22.4 Å². The number of benzene rings is 1. The molecule has 0 amide bonds. The van der Waals surface area contributed by atoms with Crippen molar-refractivity contribution in [1.82, 2.24) is 4.98 Å². The minimum atomic E-state index is -0.405. The third-order valence-electron chi connectivity index (χ3n) is 2.80. The fraction of sp³-hybridized carbons (Fsp3) is 0.214. The van der Waals surface area contributed by atoms with E-state index in [-0.39, 0.29) is 11.7 Å². The number of non-ortho nitro benzene ring substituents is 1. The average Bonchev–Trinajstić information content (AvgIpc) is 2.38. The Kier molecular flexibility index (Phi) is 3.75. The van der Waals surface area contributed by atoms with Crippen molar-refractivity contribution in [3.63, 3.8) is 0 Å². The quantitative estimate of drug-likeness (QED) is 0.505. The molecule has 0 aliphatic carbocycles. The minimum Gasteiger partial charge on any atom is -0.367 e. The highest BCUT2D eigenvalue weighted by Gasteiger charge is 2.07. The zero-order valence-electron chi connectivity index (χ0n) is 10.7. The van der Waals surface area contributed by atoms with E-state index < -0.39 is 4.92 Å². The molecule has 1 heterocycles. The largest absolute Gasteiger partial charge is 0.367 e. The molecule has 0 fully saturated rings. The number of aromatic nitrogens is 1. The monoisotopic (exact) mass is 257 g/mol. The number of hydrogen-bond donors (Lipinski definition) is 1. The van der Waals surface area contributed by atoms with Gasteiger partial charge in [0.2, 0.25) is 0 Å². The zero-order valence-corrected chi connectivity index (χ0v) is 10.7. The molecule has 0 saturated carbocycles. The van der Waals surface area contributed by atoms with Crippen LogP contribution in [0.4, 0.5) is 11.5 Å². The Labute approximate surface area is 111 Å². The molecule has 0 aliphatic heterocycles. The molecule has 1 N–H and O–H groups in total. The molecule has 1 aromatic heterocycles. The van der Waals surface area contributed by atoms with Crippen LogP contribution >= 0.6 is 0 Å². The number of fused-ring (bicyclic) bond motifs is 1. The molecule has 5 nitrogen and oxygen atoms in total. The van der Waals surface area contributed by atoms with Crippen LogP contribution in [0, 0.1) is 10.1 Å². The highest BCUT2D eigenvalue weighted by molar-refractivity contribution is 5.82. The average molecular weight is 257 g/mol. The molecule has 0 aliphatic rings. The Bertz CT molecular complexity index is 625. The van der Waals surface area contributed by atoms with Crippen molar-refractivity contribution in [1.29, 1.82) is 0 Å². The molecule has 1 atom stereocenters. The van der Waals surface area contributed by atoms with Crippen LogP contribution < -0.4 is 5.32 Å². The molecule has 2 rings (SSSR count). The van der Waals surface area contributed by atoms with E-state index in [9.17, 15) is 10.1 Å². The van der Waals surface area contributed by atoms with Crippen LogP contribution in [0.2, 0.25) is 0 Å². The summed E-state index contributed by atoms with van der Waals surface area (Å²) >= 11 is 0. The minimum absolute atomic E-state index is 0.0787. The highest BCUT2D eigenvalue weighted by Crippen LogP contribution is 2.21. The highest BCUT2D eigenvalue weighted by atomic mass is 16.6. The van der Waals surface area contributed by atoms with Gasteiger partial charge >= 0.3 is 0 Å². The lowest BCUT2D eigenvalue weighted by molar-refractivity contribution is -0.384. The van der Waals surface area contributed by atoms with Crippen molar-refractivity contribution in [2.75, 3.05) is 5.32 Å². The number of nitrogens with zero attached hydrogens (tertiary/aromatic N) is 2. The Morgan fingerprint density at radius 1 is 1.47 bits per heavy atom. The van der Waals surface area contributed by atoms with E-state index in [0.717, 1.165) is 23.1 Å². The number of pyridine rings is 1. The van der Waals surface area contributed by atoms with Crippen LogP contribution in [-0.2, 0) is 0 Å². The number of rotatable bonds is 5. The molecule has 1 unspecified atom stereocenters. The Hall–Kier alpha value is -2.43. The first-order chi connectivity index (χ1) is 9.10. The lowest BCUT2D eigenvalue weighted by Gasteiger charge is -2.12. The number of nitrogens with one attached hydrogen (secondary N) is 1. The van der Waals surface area contributed by atoms with E-state index in [1.807, 2.05) is 25.1 Å². The van der Waals surface area contributed by atoms with Gasteiger partial charge in [-0.05, 0) is 31.5 Å². The first-order valence-electron chi connectivity index (χ1n) is 6.03. The maximum Gasteiger partial charge on any atom is 0.270 e. The van der Waals surface area contributed by atoms with Crippen LogP contribution in [0.3, 0.4) is 0 Å². The van der Waals surface area contributed by atoms with Gasteiger partial charge in [-0.15, -0.1) is 6.58 Å². The second-order valence-corrected chi connectivity index (χ2v) is 4.40. The number of nitro groups is 1. The van der Waals surface area contributed by atoms with Gasteiger partial charge in [-0.25, -0.2) is 4.98 Å². The predicted molar refractivity (Wildman–Crippen MR) is 76.3 cm³/mol. The fourth-order valence-electron chi connectivity index (χ4n) is 1.87. The Morgan fingerprint density at radius 3 is 2.95 bits per heavy atom. The van der Waals surface area contributed by atoms with Crippen molar-refractivity contribution < 1.29 is 4.92 Å². The smallest absolute Gasteiger partial charge is 0.270 e. The summed E-state index contributed by atoms with van der Waals surface area (Å²) in [5.41, 5.74) is 0.816. The molecule has 5 heteroatoms. The topological polar surface area (TPSA) is 68.1 Å². The summed E-state index contributed by atoms with van der Waals surface area (Å²) in [5.74, 6) is 0.760. The third-order valence-corrected chi connectivity index (χ3v) is 2.80. The molecule has 0 saturated heterocycles. The van der Waals surface area contributed by atoms with Crippen molar-refractivity contribution in [3.8, 4) is 0 Å². The van der Waals surface area contributed by atoms with Gasteiger partial charge in [0.15, 0.2) is 0 Å². The predicted octanol–water partition coefficient (Wildman–Crippen LogP) is 3.52. The molecule has 98 valence electrons. The van der Waals surface area contributed by atoms with Crippen LogP contribution in [0.1, 0.15) is 13.3 Å². The van der Waals surface area contributed by atoms with E-state index in [1.165, 1.54) is 12.1 Å². The zero-order chi connectivity index (χ0) is 13.8. The second kappa shape index (κ2) is 5.48. The molecule has 2 aromatic rings. The van der Waals surface area contributed by atoms with Gasteiger partial charge in [-0.3, -0.25) is 10.1 Å². The standard InChI is InChI=1S/C14H15N3O2/c1-3-4-10(2)15-14-8-5-11-9-12(17(18)19)6-7-13(11)16-14/h3,5-10H,1,4H2,2H3,(H,15,16). The summed E-state index contributed by atoms with van der Waals surface area (Å²) in [4.78, 5) is 14.7. The first-order valence-corrected chi connectivity index (χ1v) is 6.03. The summed E-state index contributed by atoms with van der Waals surface area (Å²) < 4.78 is 0. The number of anilines is 1. The molecule has 0 radical (unpaired) electrons. The van der Waals surface area contributed by atoms with Gasteiger partial charge < -0.3 is 5.32 Å². The molecule has 19 heavy (non-hydrogen) atoms. The SMILES string of the molecule is C=CCC(C)Nc1ccc2cc([N+](=O)[O-])ccc2n1. The van der Waals surface area contributed by atoms with E-state index in [2.05, 4.69) is 16.9 Å². The summed E-state index contributed by atoms with van der Waals surface area (Å²) in [6, 6.07) is 8.56. The van der Waals surface area contributed by atoms with Gasteiger partial charge in [0.25, 0.3) is 5.69 Å². The van der Waals surface area contributed by atoms with Gasteiger partial charge in [-0.2, -0.15) is 0 Å². The van der Waals surface area contributed by atoms with Crippen LogP contribution in [0.25, 0.3) is 10.9 Å². The molecule has 1 aromatic carbocycles. The van der Waals surface area contributed by atoms with E-state index in [4.69, 9.17) is 0 Å². The maximum absolute atomic E-state index is 10.7.